The normalized spacial score (nSPS) is 20.7. The van der Waals surface area contributed by atoms with Crippen LogP contribution >= 0.6 is 0 Å². The van der Waals surface area contributed by atoms with E-state index in [4.69, 9.17) is 23.3 Å². The van der Waals surface area contributed by atoms with E-state index in [0.717, 1.165) is 4.57 Å². The van der Waals surface area contributed by atoms with Crippen molar-refractivity contribution in [3.8, 4) is 16.8 Å². The Hall–Kier alpha value is -3.32. The zero-order chi connectivity index (χ0) is 31.4. The molecule has 0 spiro atoms. The average Bonchev–Trinajstić information content (AvgIpc) is 3.31. The summed E-state index contributed by atoms with van der Waals surface area (Å²) in [6.07, 6.45) is 0. The van der Waals surface area contributed by atoms with E-state index in [0.29, 0.717) is 0 Å². The highest BCUT2D eigenvalue weighted by atomic mass is 15.0. The van der Waals surface area contributed by atoms with Crippen LogP contribution < -0.4 is 0 Å². The van der Waals surface area contributed by atoms with Gasteiger partial charge in [0.05, 0.1) is 34.3 Å². The summed E-state index contributed by atoms with van der Waals surface area (Å²) in [5.41, 5.74) is -2.77. The quantitative estimate of drug-likeness (QED) is 0.349. The highest BCUT2D eigenvalue weighted by molar-refractivity contribution is 6.09. The summed E-state index contributed by atoms with van der Waals surface area (Å²) in [6, 6.07) is -12.9. The molecule has 0 aliphatic heterocycles. The van der Waals surface area contributed by atoms with Crippen molar-refractivity contribution in [3.63, 3.8) is 0 Å². The smallest absolute Gasteiger partial charge is 0.0651 e. The molecule has 0 amide bonds. The molecule has 5 aromatic rings. The Labute approximate surface area is 170 Å². The number of rotatable bonds is 2. The van der Waals surface area contributed by atoms with Crippen molar-refractivity contribution >= 4 is 21.8 Å². The van der Waals surface area contributed by atoms with Crippen molar-refractivity contribution in [1.29, 1.82) is 0 Å². The zero-order valence-corrected chi connectivity index (χ0v) is 12.4. The molecule has 5 rings (SSSR count). The van der Waals surface area contributed by atoms with E-state index >= 15 is 0 Å². The summed E-state index contributed by atoms with van der Waals surface area (Å²) in [4.78, 5) is 0. The molecule has 1 nitrogen and oxygen atoms in total. The van der Waals surface area contributed by atoms with E-state index in [-0.39, 0.29) is 10.8 Å². The Kier molecular flexibility index (Phi) is 1.15. The van der Waals surface area contributed by atoms with Gasteiger partial charge in [0, 0.05) is 16.5 Å². The molecule has 1 heteroatoms. The van der Waals surface area contributed by atoms with Gasteiger partial charge >= 0.3 is 0 Å². The third kappa shape index (κ3) is 2.25. The van der Waals surface area contributed by atoms with Crippen molar-refractivity contribution in [1.82, 2.24) is 4.57 Å². The zero-order valence-electron chi connectivity index (χ0n) is 29.4. The summed E-state index contributed by atoms with van der Waals surface area (Å²) in [6.45, 7) is 0. The maximum atomic E-state index is 9.05. The van der Waals surface area contributed by atoms with Crippen LogP contribution in [0.15, 0.2) is 103 Å². The summed E-state index contributed by atoms with van der Waals surface area (Å²) in [7, 11) is 0. The lowest BCUT2D eigenvalue weighted by Gasteiger charge is -2.10. The minimum Gasteiger partial charge on any atom is -0.309 e. The second-order valence-electron chi connectivity index (χ2n) is 5.01. The van der Waals surface area contributed by atoms with Crippen LogP contribution in [0.2, 0.25) is 0 Å². The molecule has 0 saturated heterocycles. The average molecular weight is 337 g/mol. The van der Waals surface area contributed by atoms with Crippen molar-refractivity contribution in [3.05, 3.63) is 103 Å². The topological polar surface area (TPSA) is 4.93 Å². The molecule has 0 saturated carbocycles. The molecular weight excluding hydrogens is 302 g/mol. The van der Waals surface area contributed by atoms with Gasteiger partial charge in [0.15, 0.2) is 0 Å². The molecular formula is C24H17N. The van der Waals surface area contributed by atoms with Crippen LogP contribution in [0, 0.1) is 0 Å². The van der Waals surface area contributed by atoms with Crippen molar-refractivity contribution in [2.75, 3.05) is 0 Å². The lowest BCUT2D eigenvalue weighted by atomic mass is 10.1. The second-order valence-corrected chi connectivity index (χ2v) is 5.01. The maximum absolute atomic E-state index is 9.05. The fourth-order valence-electron chi connectivity index (χ4n) is 2.59. The van der Waals surface area contributed by atoms with E-state index in [2.05, 4.69) is 0 Å². The van der Waals surface area contributed by atoms with E-state index in [1.165, 1.54) is 0 Å². The predicted octanol–water partition coefficient (Wildman–Crippen LogP) is 6.45. The Morgan fingerprint density at radius 3 is 1.76 bits per heavy atom. The number of aromatic nitrogens is 1. The first-order chi connectivity index (χ1) is 19.5. The molecule has 0 bridgehead atoms. The fraction of sp³-hybridized carbons (Fsp3) is 0. The first-order valence-corrected chi connectivity index (χ1v) is 7.17. The molecule has 0 aliphatic carbocycles. The van der Waals surface area contributed by atoms with Gasteiger partial charge in [0.2, 0.25) is 0 Å². The third-order valence-corrected chi connectivity index (χ3v) is 3.62. The molecule has 0 N–H and O–H groups in total. The van der Waals surface area contributed by atoms with Crippen LogP contribution in [0.4, 0.5) is 0 Å². The Morgan fingerprint density at radius 1 is 0.520 bits per heavy atom. The molecule has 0 fully saturated rings. The Morgan fingerprint density at radius 2 is 1.08 bits per heavy atom. The predicted molar refractivity (Wildman–Crippen MR) is 106 cm³/mol. The van der Waals surface area contributed by atoms with Crippen LogP contribution in [0.1, 0.15) is 23.3 Å². The number of hydrogen-bond acceptors (Lipinski definition) is 0. The van der Waals surface area contributed by atoms with Crippen molar-refractivity contribution in [2.24, 2.45) is 0 Å². The molecule has 4 aromatic carbocycles. The second kappa shape index (κ2) is 5.64. The number of benzene rings is 4. The van der Waals surface area contributed by atoms with Crippen LogP contribution in [0.5, 0.6) is 0 Å². The number of fused-ring (bicyclic) bond motifs is 3. The molecule has 118 valence electrons. The van der Waals surface area contributed by atoms with E-state index in [9.17, 15) is 0 Å². The van der Waals surface area contributed by atoms with Crippen molar-refractivity contribution < 1.29 is 23.3 Å². The number of hydrogen-bond donors (Lipinski definition) is 0. The standard InChI is InChI=1S/C24H17N/c1-2-9-18(10-3-1)19-11-8-12-20(17-19)25-23-15-6-4-13-21(23)22-14-5-7-16-24(22)25/h1-17H/i1D,2D,3D,4D,5D,6D,7D,8D,9D,10D,11D,12D,13D,14D,15D,16D,17D. The van der Waals surface area contributed by atoms with Gasteiger partial charge in [-0.2, -0.15) is 0 Å². The monoisotopic (exact) mass is 336 g/mol. The SMILES string of the molecule is [2H]c1c([2H])c([2H])c(-c2c([2H])c([2H])c([2H])c(-n3c4c([2H])c([2H])c([2H])c([2H])c4c4c([2H])c([2H])c([2H])c([2H])c43)c2[2H])c([2H])c1[2H]. The molecule has 25 heavy (non-hydrogen) atoms. The summed E-state index contributed by atoms with van der Waals surface area (Å²) in [5.74, 6) is 0. The number of nitrogens with zero attached hydrogens (tertiary/aromatic N) is 1. The molecule has 1 aromatic heterocycles. The van der Waals surface area contributed by atoms with Crippen LogP contribution in [0.3, 0.4) is 0 Å². The largest absolute Gasteiger partial charge is 0.309 e. The van der Waals surface area contributed by atoms with E-state index in [1.54, 1.807) is 0 Å². The number of para-hydroxylation sites is 2. The molecule has 1 heterocycles. The van der Waals surface area contributed by atoms with E-state index < -0.39 is 131 Å². The van der Waals surface area contributed by atoms with Gasteiger partial charge in [-0.15, -0.1) is 0 Å². The van der Waals surface area contributed by atoms with Crippen LogP contribution in [-0.4, -0.2) is 4.57 Å². The maximum Gasteiger partial charge on any atom is 0.0651 e. The van der Waals surface area contributed by atoms with Gasteiger partial charge in [-0.05, 0) is 35.3 Å². The van der Waals surface area contributed by atoms with Gasteiger partial charge in [0.25, 0.3) is 0 Å². The molecule has 0 aliphatic rings. The van der Waals surface area contributed by atoms with Gasteiger partial charge in [-0.3, -0.25) is 0 Å². The first kappa shape index (κ1) is 5.09. The van der Waals surface area contributed by atoms with Gasteiger partial charge in [-0.25, -0.2) is 0 Å². The highest BCUT2D eigenvalue weighted by Crippen LogP contribution is 2.32. The first-order valence-electron chi connectivity index (χ1n) is 15.7. The minimum atomic E-state index is -0.862. The molecule has 0 atom stereocenters. The minimum absolute atomic E-state index is 0.340. The van der Waals surface area contributed by atoms with Gasteiger partial charge < -0.3 is 4.57 Å². The highest BCUT2D eigenvalue weighted by Gasteiger charge is 2.11. The Bertz CT molecular complexity index is 1950. The van der Waals surface area contributed by atoms with Gasteiger partial charge in [0.1, 0.15) is 0 Å². The molecule has 0 unspecified atom stereocenters. The summed E-state index contributed by atoms with van der Waals surface area (Å²) >= 11 is 0. The van der Waals surface area contributed by atoms with Crippen LogP contribution in [0.25, 0.3) is 38.6 Å². The summed E-state index contributed by atoms with van der Waals surface area (Å²) < 4.78 is 143. The summed E-state index contributed by atoms with van der Waals surface area (Å²) in [5, 5.41) is -0.680. The van der Waals surface area contributed by atoms with Crippen molar-refractivity contribution in [2.45, 2.75) is 0 Å². The van der Waals surface area contributed by atoms with Crippen LogP contribution in [-0.2, 0) is 0 Å². The third-order valence-electron chi connectivity index (χ3n) is 3.62. The lowest BCUT2D eigenvalue weighted by molar-refractivity contribution is 1.18. The lowest BCUT2D eigenvalue weighted by Crippen LogP contribution is -1.94. The van der Waals surface area contributed by atoms with Gasteiger partial charge in [-0.1, -0.05) is 78.6 Å². The van der Waals surface area contributed by atoms with E-state index in [1.807, 2.05) is 0 Å². The Balaban J connectivity index is 2.15. The molecule has 0 radical (unpaired) electrons. The fourth-order valence-corrected chi connectivity index (χ4v) is 2.59.